The molecule has 0 heterocycles. The number of aliphatic hydroxyl groups is 1. The molecule has 0 aromatic heterocycles. The van der Waals surface area contributed by atoms with E-state index in [9.17, 15) is 0 Å². The minimum Gasteiger partial charge on any atom is -0.481 e. The van der Waals surface area contributed by atoms with E-state index in [4.69, 9.17) is 34.8 Å². The Morgan fingerprint density at radius 2 is 1.00 bits per heavy atom. The molecule has 0 fully saturated rings. The van der Waals surface area contributed by atoms with Gasteiger partial charge in [-0.15, -0.1) is 0 Å². The molecular formula is C10H22O7Zr. The first-order valence-electron chi connectivity index (χ1n) is 4.81. The molecule has 0 bridgehead atoms. The first-order valence-corrected chi connectivity index (χ1v) is 4.81. The van der Waals surface area contributed by atoms with Crippen molar-refractivity contribution in [3.63, 3.8) is 0 Å². The van der Waals surface area contributed by atoms with E-state index in [1.807, 2.05) is 0 Å². The number of hydrogen-bond donors (Lipinski definition) is 4. The van der Waals surface area contributed by atoms with Crippen molar-refractivity contribution >= 4 is 17.9 Å². The predicted octanol–water partition coefficient (Wildman–Crippen LogP) is 1.05. The molecule has 0 atom stereocenters. The average Bonchev–Trinajstić information content (AvgIpc) is 2.01. The van der Waals surface area contributed by atoms with Gasteiger partial charge in [0.05, 0.1) is 0 Å². The fourth-order valence-electron chi connectivity index (χ4n) is 0.158. The molecule has 0 unspecified atom stereocenters. The Hall–Kier alpha value is -0.747. The van der Waals surface area contributed by atoms with Crippen molar-refractivity contribution in [2.24, 2.45) is 0 Å². The van der Waals surface area contributed by atoms with Crippen LogP contribution in [0.1, 0.15) is 40.5 Å². The van der Waals surface area contributed by atoms with Gasteiger partial charge >= 0.3 is 0 Å². The zero-order valence-electron chi connectivity index (χ0n) is 11.1. The zero-order chi connectivity index (χ0) is 14.9. The SMILES string of the molecule is CC(=O)O.CC(=O)O.CC(=O)O.CCCCO.[Zr]. The van der Waals surface area contributed by atoms with Crippen LogP contribution in [0.25, 0.3) is 0 Å². The number of unbranched alkanes of at least 4 members (excludes halogenated alkanes) is 1. The number of carboxylic acid groups (broad SMARTS) is 3. The van der Waals surface area contributed by atoms with E-state index >= 15 is 0 Å². The third-order valence-electron chi connectivity index (χ3n) is 0.512. The van der Waals surface area contributed by atoms with Crippen LogP contribution in [-0.2, 0) is 40.6 Å². The van der Waals surface area contributed by atoms with Crippen LogP contribution >= 0.6 is 0 Å². The van der Waals surface area contributed by atoms with Crippen LogP contribution in [-0.4, -0.2) is 44.9 Å². The minimum absolute atomic E-state index is 0. The molecule has 0 radical (unpaired) electrons. The molecule has 0 saturated carbocycles. The van der Waals surface area contributed by atoms with E-state index in [0.717, 1.165) is 33.6 Å². The van der Waals surface area contributed by atoms with Gasteiger partial charge in [0.25, 0.3) is 17.9 Å². The van der Waals surface area contributed by atoms with Crippen LogP contribution in [0.2, 0.25) is 0 Å². The Kier molecular flexibility index (Phi) is 50.4. The second-order valence-electron chi connectivity index (χ2n) is 2.63. The minimum atomic E-state index is -0.833. The maximum absolute atomic E-state index is 9.00. The summed E-state index contributed by atoms with van der Waals surface area (Å²) < 4.78 is 0. The van der Waals surface area contributed by atoms with Crippen LogP contribution in [0, 0.1) is 0 Å². The number of carboxylic acids is 3. The monoisotopic (exact) mass is 344 g/mol. The molecule has 18 heavy (non-hydrogen) atoms. The van der Waals surface area contributed by atoms with E-state index in [2.05, 4.69) is 6.92 Å². The van der Waals surface area contributed by atoms with Gasteiger partial charge in [-0.05, 0) is 6.42 Å². The molecule has 0 aromatic rings. The third kappa shape index (κ3) is 1970. The van der Waals surface area contributed by atoms with Gasteiger partial charge in [0.1, 0.15) is 0 Å². The van der Waals surface area contributed by atoms with Crippen molar-refractivity contribution in [3.8, 4) is 0 Å². The largest absolute Gasteiger partial charge is 0.481 e. The Morgan fingerprint density at radius 1 is 0.833 bits per heavy atom. The van der Waals surface area contributed by atoms with E-state index in [0.29, 0.717) is 6.61 Å². The summed E-state index contributed by atoms with van der Waals surface area (Å²) in [7, 11) is 0. The van der Waals surface area contributed by atoms with Crippen molar-refractivity contribution in [1.29, 1.82) is 0 Å². The third-order valence-corrected chi connectivity index (χ3v) is 0.512. The normalized spacial score (nSPS) is 6.50. The van der Waals surface area contributed by atoms with Gasteiger partial charge in [0.2, 0.25) is 0 Å². The van der Waals surface area contributed by atoms with E-state index in [1.54, 1.807) is 0 Å². The Morgan fingerprint density at radius 3 is 1.00 bits per heavy atom. The summed E-state index contributed by atoms with van der Waals surface area (Å²) in [5.74, 6) is -2.50. The van der Waals surface area contributed by atoms with Crippen molar-refractivity contribution in [1.82, 2.24) is 0 Å². The second kappa shape index (κ2) is 29.9. The van der Waals surface area contributed by atoms with Gasteiger partial charge in [-0.3, -0.25) is 14.4 Å². The number of rotatable bonds is 2. The molecule has 0 aliphatic carbocycles. The summed E-state index contributed by atoms with van der Waals surface area (Å²) in [5, 5.41) is 30.3. The number of aliphatic hydroxyl groups excluding tert-OH is 1. The Labute approximate surface area is 126 Å². The molecule has 0 amide bonds. The van der Waals surface area contributed by atoms with Crippen molar-refractivity contribution < 1.29 is 61.0 Å². The smallest absolute Gasteiger partial charge is 0.300 e. The molecule has 4 N–H and O–H groups in total. The van der Waals surface area contributed by atoms with Gasteiger partial charge in [-0.1, -0.05) is 13.3 Å². The molecule has 0 aromatic carbocycles. The number of hydrogen-bond acceptors (Lipinski definition) is 4. The van der Waals surface area contributed by atoms with Gasteiger partial charge in [0, 0.05) is 53.6 Å². The topological polar surface area (TPSA) is 132 Å². The van der Waals surface area contributed by atoms with Crippen LogP contribution < -0.4 is 0 Å². The predicted molar refractivity (Wildman–Crippen MR) is 61.9 cm³/mol. The molecule has 7 nitrogen and oxygen atoms in total. The first kappa shape index (κ1) is 30.4. The van der Waals surface area contributed by atoms with Crippen LogP contribution in [0.3, 0.4) is 0 Å². The van der Waals surface area contributed by atoms with Crippen LogP contribution in [0.4, 0.5) is 0 Å². The van der Waals surface area contributed by atoms with E-state index in [-0.39, 0.29) is 26.2 Å². The van der Waals surface area contributed by atoms with Crippen molar-refractivity contribution in [3.05, 3.63) is 0 Å². The van der Waals surface area contributed by atoms with E-state index < -0.39 is 17.9 Å². The molecule has 8 heteroatoms. The summed E-state index contributed by atoms with van der Waals surface area (Å²) in [5.41, 5.74) is 0. The molecule has 0 rings (SSSR count). The fraction of sp³-hybridized carbons (Fsp3) is 0.700. The van der Waals surface area contributed by atoms with Gasteiger partial charge < -0.3 is 20.4 Å². The van der Waals surface area contributed by atoms with Gasteiger partial charge in [-0.2, -0.15) is 0 Å². The van der Waals surface area contributed by atoms with Crippen molar-refractivity contribution in [2.75, 3.05) is 6.61 Å². The summed E-state index contributed by atoms with van der Waals surface area (Å²) >= 11 is 0. The standard InChI is InChI=1S/C4H10O.3C2H4O2.Zr/c1-2-3-4-5;3*1-2(3)4;/h5H,2-4H2,1H3;3*1H3,(H,3,4);. The van der Waals surface area contributed by atoms with Gasteiger partial charge in [0.15, 0.2) is 0 Å². The molecular weight excluding hydrogens is 323 g/mol. The summed E-state index contributed by atoms with van der Waals surface area (Å²) in [6.07, 6.45) is 2.04. The fourth-order valence-corrected chi connectivity index (χ4v) is 0.158. The average molecular weight is 346 g/mol. The Bertz CT molecular complexity index is 152. The van der Waals surface area contributed by atoms with Crippen molar-refractivity contribution in [2.45, 2.75) is 40.5 Å². The van der Waals surface area contributed by atoms with Crippen LogP contribution in [0.15, 0.2) is 0 Å². The zero-order valence-corrected chi connectivity index (χ0v) is 13.6. The van der Waals surface area contributed by atoms with E-state index in [1.165, 1.54) is 0 Å². The summed E-state index contributed by atoms with van der Waals surface area (Å²) in [4.78, 5) is 27.0. The molecule has 0 saturated heterocycles. The quantitative estimate of drug-likeness (QED) is 0.588. The summed E-state index contributed by atoms with van der Waals surface area (Å²) in [6, 6.07) is 0. The maximum Gasteiger partial charge on any atom is 0.300 e. The van der Waals surface area contributed by atoms with Gasteiger partial charge in [-0.25, -0.2) is 0 Å². The molecule has 0 aliphatic rings. The number of carbonyl (C=O) groups is 3. The van der Waals surface area contributed by atoms with Crippen LogP contribution in [0.5, 0.6) is 0 Å². The second-order valence-corrected chi connectivity index (χ2v) is 2.63. The molecule has 0 aliphatic heterocycles. The Balaban J connectivity index is -0.0000000412. The molecule has 0 spiro atoms. The maximum atomic E-state index is 9.00. The molecule has 108 valence electrons. The summed E-state index contributed by atoms with van der Waals surface area (Å²) in [6.45, 7) is 5.65. The number of aliphatic carboxylic acids is 3. The first-order chi connectivity index (χ1) is 7.61.